The van der Waals surface area contributed by atoms with Crippen molar-refractivity contribution in [3.05, 3.63) is 29.8 Å². The third-order valence-corrected chi connectivity index (χ3v) is 3.92. The summed E-state index contributed by atoms with van der Waals surface area (Å²) in [5.74, 6) is 0.571. The number of carbonyl (C=O) groups is 2. The van der Waals surface area contributed by atoms with Crippen molar-refractivity contribution in [2.75, 3.05) is 27.7 Å². The summed E-state index contributed by atoms with van der Waals surface area (Å²) in [7, 11) is 5.52. The molecule has 1 aromatic carbocycles. The molecule has 5 nitrogen and oxygen atoms in total. The maximum absolute atomic E-state index is 12.0. The third kappa shape index (κ3) is 5.48. The maximum atomic E-state index is 12.0. The Labute approximate surface area is 132 Å². The van der Waals surface area contributed by atoms with E-state index in [-0.39, 0.29) is 30.1 Å². The number of rotatable bonds is 8. The predicted octanol–water partition coefficient (Wildman–Crippen LogP) is 2.11. The van der Waals surface area contributed by atoms with Crippen molar-refractivity contribution in [1.82, 2.24) is 10.2 Å². The Morgan fingerprint density at radius 3 is 2.23 bits per heavy atom. The number of ether oxygens (including phenoxy) is 1. The van der Waals surface area contributed by atoms with Crippen LogP contribution in [0.2, 0.25) is 0 Å². The molecule has 0 saturated heterocycles. The number of hydrogen-bond donors (Lipinski definition) is 1. The first-order valence-corrected chi connectivity index (χ1v) is 7.37. The molecule has 0 radical (unpaired) electrons. The number of ketones is 1. The summed E-state index contributed by atoms with van der Waals surface area (Å²) >= 11 is 0. The molecular weight excluding hydrogens is 280 g/mol. The summed E-state index contributed by atoms with van der Waals surface area (Å²) in [6.45, 7) is 4.65. The summed E-state index contributed by atoms with van der Waals surface area (Å²) in [6, 6.07) is 6.92. The Bertz CT molecular complexity index is 507. The molecule has 0 aliphatic carbocycles. The Morgan fingerprint density at radius 1 is 1.14 bits per heavy atom. The first-order valence-electron chi connectivity index (χ1n) is 7.37. The number of hydrogen-bond acceptors (Lipinski definition) is 4. The first kappa shape index (κ1) is 18.2. The minimum absolute atomic E-state index is 0.0373. The van der Waals surface area contributed by atoms with Crippen LogP contribution in [-0.2, 0) is 4.79 Å². The van der Waals surface area contributed by atoms with Gasteiger partial charge in [-0.25, -0.2) is 0 Å². The zero-order chi connectivity index (χ0) is 16.8. The summed E-state index contributed by atoms with van der Waals surface area (Å²) in [5, 5.41) is 2.88. The number of nitrogens with zero attached hydrogens (tertiary/aromatic N) is 1. The lowest BCUT2D eigenvalue weighted by Gasteiger charge is -2.32. The zero-order valence-electron chi connectivity index (χ0n) is 14.1. The fourth-order valence-corrected chi connectivity index (χ4v) is 1.71. The van der Waals surface area contributed by atoms with Gasteiger partial charge in [-0.2, -0.15) is 0 Å². The second kappa shape index (κ2) is 7.94. The Hall–Kier alpha value is -1.88. The van der Waals surface area contributed by atoms with Gasteiger partial charge in [-0.1, -0.05) is 0 Å². The average Bonchev–Trinajstić information content (AvgIpc) is 2.50. The highest BCUT2D eigenvalue weighted by Crippen LogP contribution is 2.13. The predicted molar refractivity (Wildman–Crippen MR) is 87.3 cm³/mol. The molecule has 0 saturated carbocycles. The number of likely N-dealkylation sites (N-methyl/N-ethyl adjacent to an activating group) is 1. The number of carbonyl (C=O) groups excluding carboxylic acids is 2. The van der Waals surface area contributed by atoms with Crippen molar-refractivity contribution in [1.29, 1.82) is 0 Å². The quantitative estimate of drug-likeness (QED) is 0.747. The van der Waals surface area contributed by atoms with Crippen molar-refractivity contribution >= 4 is 11.7 Å². The first-order chi connectivity index (χ1) is 10.3. The summed E-state index contributed by atoms with van der Waals surface area (Å²) in [5.41, 5.74) is 0.484. The van der Waals surface area contributed by atoms with Gasteiger partial charge in [0.05, 0.1) is 7.11 Å². The van der Waals surface area contributed by atoms with Gasteiger partial charge < -0.3 is 15.0 Å². The van der Waals surface area contributed by atoms with E-state index >= 15 is 0 Å². The van der Waals surface area contributed by atoms with Gasteiger partial charge >= 0.3 is 0 Å². The summed E-state index contributed by atoms with van der Waals surface area (Å²) in [4.78, 5) is 25.9. The molecule has 0 aromatic heterocycles. The monoisotopic (exact) mass is 306 g/mol. The van der Waals surface area contributed by atoms with Crippen LogP contribution in [0, 0.1) is 0 Å². The van der Waals surface area contributed by atoms with Crippen LogP contribution >= 0.6 is 0 Å². The van der Waals surface area contributed by atoms with Crippen molar-refractivity contribution in [2.24, 2.45) is 0 Å². The van der Waals surface area contributed by atoms with Gasteiger partial charge in [0, 0.05) is 30.5 Å². The largest absolute Gasteiger partial charge is 0.497 e. The van der Waals surface area contributed by atoms with E-state index in [1.165, 1.54) is 0 Å². The average molecular weight is 306 g/mol. The molecular formula is C17H26N2O3. The van der Waals surface area contributed by atoms with E-state index in [1.54, 1.807) is 31.4 Å². The minimum Gasteiger partial charge on any atom is -0.497 e. The fraction of sp³-hybridized carbons (Fsp3) is 0.529. The van der Waals surface area contributed by atoms with Crippen molar-refractivity contribution < 1.29 is 14.3 Å². The Kier molecular flexibility index (Phi) is 6.56. The van der Waals surface area contributed by atoms with E-state index in [4.69, 9.17) is 4.74 Å². The van der Waals surface area contributed by atoms with Crippen molar-refractivity contribution in [2.45, 2.75) is 32.2 Å². The zero-order valence-corrected chi connectivity index (χ0v) is 14.1. The molecule has 1 amide bonds. The van der Waals surface area contributed by atoms with E-state index < -0.39 is 0 Å². The highest BCUT2D eigenvalue weighted by Gasteiger charge is 2.21. The number of Topliss-reactive ketones (excluding diaryl/α,β-unsaturated/α-hetero) is 1. The van der Waals surface area contributed by atoms with Crippen LogP contribution in [0.1, 0.15) is 37.0 Å². The number of methoxy groups -OCH3 is 1. The van der Waals surface area contributed by atoms with Crippen LogP contribution in [0.4, 0.5) is 0 Å². The molecule has 0 fully saturated rings. The number of benzene rings is 1. The van der Waals surface area contributed by atoms with Crippen LogP contribution in [0.5, 0.6) is 5.75 Å². The molecule has 122 valence electrons. The third-order valence-electron chi connectivity index (χ3n) is 3.92. The van der Waals surface area contributed by atoms with E-state index in [0.29, 0.717) is 17.9 Å². The van der Waals surface area contributed by atoms with Gasteiger partial charge in [-0.3, -0.25) is 9.59 Å². The Balaban J connectivity index is 2.41. The number of amides is 1. The molecule has 22 heavy (non-hydrogen) atoms. The highest BCUT2D eigenvalue weighted by atomic mass is 16.5. The van der Waals surface area contributed by atoms with Crippen molar-refractivity contribution in [3.63, 3.8) is 0 Å². The minimum atomic E-state index is -0.115. The smallest absolute Gasteiger partial charge is 0.220 e. The second-order valence-corrected chi connectivity index (χ2v) is 6.14. The topological polar surface area (TPSA) is 58.6 Å². The molecule has 0 spiro atoms. The molecule has 0 unspecified atom stereocenters. The van der Waals surface area contributed by atoms with Gasteiger partial charge in [-0.05, 0) is 52.2 Å². The lowest BCUT2D eigenvalue weighted by molar-refractivity contribution is -0.121. The van der Waals surface area contributed by atoms with E-state index in [2.05, 4.69) is 24.1 Å². The summed E-state index contributed by atoms with van der Waals surface area (Å²) in [6.07, 6.45) is 0.412. The normalized spacial score (nSPS) is 11.4. The van der Waals surface area contributed by atoms with Crippen molar-refractivity contribution in [3.8, 4) is 5.75 Å². The van der Waals surface area contributed by atoms with Crippen LogP contribution in [0.25, 0.3) is 0 Å². The Morgan fingerprint density at radius 2 is 1.73 bits per heavy atom. The van der Waals surface area contributed by atoms with Crippen LogP contribution in [-0.4, -0.2) is 49.9 Å². The lowest BCUT2D eigenvalue weighted by Crippen LogP contribution is -2.48. The summed E-state index contributed by atoms with van der Waals surface area (Å²) < 4.78 is 5.05. The fourth-order valence-electron chi connectivity index (χ4n) is 1.71. The van der Waals surface area contributed by atoms with Gasteiger partial charge in [-0.15, -0.1) is 0 Å². The van der Waals surface area contributed by atoms with Crippen LogP contribution < -0.4 is 10.1 Å². The molecule has 1 rings (SSSR count). The molecule has 0 bridgehead atoms. The molecule has 1 N–H and O–H groups in total. The van der Waals surface area contributed by atoms with E-state index in [1.807, 2.05) is 14.1 Å². The van der Waals surface area contributed by atoms with Gasteiger partial charge in [0.2, 0.25) is 5.91 Å². The molecule has 5 heteroatoms. The van der Waals surface area contributed by atoms with E-state index in [9.17, 15) is 9.59 Å². The van der Waals surface area contributed by atoms with E-state index in [0.717, 1.165) is 0 Å². The molecule has 0 heterocycles. The SMILES string of the molecule is COc1ccc(C(=O)CCC(=O)NCC(C)(C)N(C)C)cc1. The van der Waals surface area contributed by atoms with Crippen LogP contribution in [0.15, 0.2) is 24.3 Å². The molecule has 0 atom stereocenters. The van der Waals surface area contributed by atoms with Gasteiger partial charge in [0.25, 0.3) is 0 Å². The van der Waals surface area contributed by atoms with Crippen LogP contribution in [0.3, 0.4) is 0 Å². The molecule has 0 aliphatic heterocycles. The molecule has 1 aromatic rings. The van der Waals surface area contributed by atoms with Gasteiger partial charge in [0.15, 0.2) is 5.78 Å². The maximum Gasteiger partial charge on any atom is 0.220 e. The molecule has 0 aliphatic rings. The lowest BCUT2D eigenvalue weighted by atomic mass is 10.0. The second-order valence-electron chi connectivity index (χ2n) is 6.14. The number of nitrogens with one attached hydrogen (secondary N) is 1. The van der Waals surface area contributed by atoms with Gasteiger partial charge in [0.1, 0.15) is 5.75 Å². The highest BCUT2D eigenvalue weighted by molar-refractivity contribution is 5.98. The standard InChI is InChI=1S/C17H26N2O3/c1-17(2,19(3)4)12-18-16(21)11-10-15(20)13-6-8-14(22-5)9-7-13/h6-9H,10-12H2,1-5H3,(H,18,21).